The molecule has 0 radical (unpaired) electrons. The zero-order valence-corrected chi connectivity index (χ0v) is 14.4. The number of piperazine rings is 1. The molecule has 1 aromatic heterocycles. The van der Waals surface area contributed by atoms with Crippen molar-refractivity contribution in [2.45, 2.75) is 25.5 Å². The maximum absolute atomic E-state index is 13.1. The number of amides is 1. The summed E-state index contributed by atoms with van der Waals surface area (Å²) in [6.45, 7) is 5.26. The highest BCUT2D eigenvalue weighted by Gasteiger charge is 2.29. The van der Waals surface area contributed by atoms with Gasteiger partial charge in [-0.15, -0.1) is 5.10 Å². The third-order valence-corrected chi connectivity index (χ3v) is 4.45. The first-order chi connectivity index (χ1) is 12.1. The summed E-state index contributed by atoms with van der Waals surface area (Å²) >= 11 is 0. The van der Waals surface area contributed by atoms with E-state index in [1.807, 2.05) is 35.2 Å². The van der Waals surface area contributed by atoms with Gasteiger partial charge in [-0.05, 0) is 22.9 Å². The largest absolute Gasteiger partial charge is 0.392 e. The second-order valence-corrected chi connectivity index (χ2v) is 6.47. The molecule has 1 saturated heterocycles. The van der Waals surface area contributed by atoms with E-state index in [0.29, 0.717) is 26.1 Å². The summed E-state index contributed by atoms with van der Waals surface area (Å²) in [4.78, 5) is 17.1. The Balaban J connectivity index is 1.68. The number of aliphatic hydroxyl groups is 1. The molecule has 3 rings (SSSR count). The summed E-state index contributed by atoms with van der Waals surface area (Å²) in [5, 5.41) is 20.8. The van der Waals surface area contributed by atoms with Gasteiger partial charge in [0.2, 0.25) is 5.91 Å². The Morgan fingerprint density at radius 2 is 1.92 bits per heavy atom. The van der Waals surface area contributed by atoms with Gasteiger partial charge in [0.25, 0.3) is 0 Å². The van der Waals surface area contributed by atoms with Crippen molar-refractivity contribution in [2.75, 3.05) is 32.7 Å². The Bertz CT molecular complexity index is 653. The van der Waals surface area contributed by atoms with E-state index in [1.165, 1.54) is 11.0 Å². The number of β-amino-alcohol motifs (C(OH)–C–C–N with tert-alkyl or cyclic N) is 1. The molecule has 134 valence electrons. The maximum atomic E-state index is 13.1. The Morgan fingerprint density at radius 3 is 2.52 bits per heavy atom. The molecule has 2 heterocycles. The molecular weight excluding hydrogens is 320 g/mol. The lowest BCUT2D eigenvalue weighted by atomic mass is 10.0. The van der Waals surface area contributed by atoms with E-state index in [0.717, 1.165) is 18.7 Å². The van der Waals surface area contributed by atoms with Crippen LogP contribution in [0.1, 0.15) is 18.5 Å². The number of aromatic nitrogens is 4. The lowest BCUT2D eigenvalue weighted by Gasteiger charge is -2.36. The van der Waals surface area contributed by atoms with Crippen molar-refractivity contribution in [3.05, 3.63) is 42.2 Å². The van der Waals surface area contributed by atoms with Crippen LogP contribution in [0, 0.1) is 0 Å². The first-order valence-electron chi connectivity index (χ1n) is 8.59. The first-order valence-corrected chi connectivity index (χ1v) is 8.59. The molecule has 0 spiro atoms. The highest BCUT2D eigenvalue weighted by molar-refractivity contribution is 5.80. The van der Waals surface area contributed by atoms with Crippen molar-refractivity contribution in [2.24, 2.45) is 0 Å². The smallest absolute Gasteiger partial charge is 0.248 e. The lowest BCUT2D eigenvalue weighted by molar-refractivity contribution is -0.137. The van der Waals surface area contributed by atoms with Crippen molar-refractivity contribution >= 4 is 5.91 Å². The van der Waals surface area contributed by atoms with E-state index < -0.39 is 6.04 Å². The second-order valence-electron chi connectivity index (χ2n) is 6.47. The molecule has 25 heavy (non-hydrogen) atoms. The zero-order valence-electron chi connectivity index (χ0n) is 14.4. The molecule has 1 aromatic carbocycles. The Kier molecular flexibility index (Phi) is 5.72. The summed E-state index contributed by atoms with van der Waals surface area (Å²) in [7, 11) is 0. The normalized spacial score (nSPS) is 18.1. The summed E-state index contributed by atoms with van der Waals surface area (Å²) in [6.07, 6.45) is 1.70. The summed E-state index contributed by atoms with van der Waals surface area (Å²) in [5.41, 5.74) is 1.07. The summed E-state index contributed by atoms with van der Waals surface area (Å²) in [5.74, 6) is 0.0350. The zero-order chi connectivity index (χ0) is 17.6. The van der Waals surface area contributed by atoms with E-state index in [9.17, 15) is 9.90 Å². The Labute approximate surface area is 147 Å². The number of carbonyl (C=O) groups excluding carboxylic acids is 1. The highest BCUT2D eigenvalue weighted by Crippen LogP contribution is 2.17. The number of carbonyl (C=O) groups is 1. The van der Waals surface area contributed by atoms with Gasteiger partial charge >= 0.3 is 0 Å². The molecule has 0 aliphatic carbocycles. The minimum absolute atomic E-state index is 0.0350. The van der Waals surface area contributed by atoms with Crippen LogP contribution in [-0.2, 0) is 11.2 Å². The third kappa shape index (κ3) is 4.61. The van der Waals surface area contributed by atoms with Crippen LogP contribution in [0.2, 0.25) is 0 Å². The molecule has 1 aliphatic rings. The van der Waals surface area contributed by atoms with Crippen molar-refractivity contribution < 1.29 is 9.90 Å². The van der Waals surface area contributed by atoms with Gasteiger partial charge in [0.1, 0.15) is 12.4 Å². The van der Waals surface area contributed by atoms with Crippen LogP contribution in [0.15, 0.2) is 36.7 Å². The van der Waals surface area contributed by atoms with Gasteiger partial charge in [-0.25, -0.2) is 4.68 Å². The lowest BCUT2D eigenvalue weighted by Crippen LogP contribution is -2.52. The molecule has 8 heteroatoms. The molecule has 2 aromatic rings. The van der Waals surface area contributed by atoms with E-state index in [-0.39, 0.29) is 12.0 Å². The van der Waals surface area contributed by atoms with Gasteiger partial charge in [-0.2, -0.15) is 0 Å². The van der Waals surface area contributed by atoms with E-state index in [2.05, 4.69) is 20.4 Å². The number of hydrogen-bond donors (Lipinski definition) is 1. The van der Waals surface area contributed by atoms with Crippen molar-refractivity contribution in [3.8, 4) is 0 Å². The predicted octanol–water partition coefficient (Wildman–Crippen LogP) is -0.0181. The fourth-order valence-corrected chi connectivity index (χ4v) is 3.18. The molecule has 0 saturated carbocycles. The molecule has 1 N–H and O–H groups in total. The van der Waals surface area contributed by atoms with Crippen molar-refractivity contribution in [3.63, 3.8) is 0 Å². The Morgan fingerprint density at radius 1 is 1.20 bits per heavy atom. The quantitative estimate of drug-likeness (QED) is 0.793. The van der Waals surface area contributed by atoms with Crippen LogP contribution in [0.25, 0.3) is 0 Å². The molecular formula is C17H24N6O2. The molecule has 0 bridgehead atoms. The molecule has 8 nitrogen and oxygen atoms in total. The average Bonchev–Trinajstić information content (AvgIpc) is 3.14. The SMILES string of the molecule is C[C@@H](O)CN1CCN(C(=O)[C@H](Cc2ccccc2)n2cnnn2)CC1. The number of tetrazole rings is 1. The molecule has 1 amide bonds. The molecule has 2 atom stereocenters. The predicted molar refractivity (Wildman–Crippen MR) is 91.7 cm³/mol. The number of hydrogen-bond acceptors (Lipinski definition) is 6. The number of aliphatic hydroxyl groups excluding tert-OH is 1. The van der Waals surface area contributed by atoms with Crippen LogP contribution >= 0.6 is 0 Å². The summed E-state index contributed by atoms with van der Waals surface area (Å²) < 4.78 is 1.54. The number of benzene rings is 1. The molecule has 0 unspecified atom stereocenters. The van der Waals surface area contributed by atoms with Crippen molar-refractivity contribution in [1.29, 1.82) is 0 Å². The highest BCUT2D eigenvalue weighted by atomic mass is 16.3. The standard InChI is InChI=1S/C17H24N6O2/c1-14(24)12-21-7-9-22(10-8-21)17(25)16(23-13-18-19-20-23)11-15-5-3-2-4-6-15/h2-6,13-14,16,24H,7-12H2,1H3/t14-,16+/m1/s1. The van der Waals surface area contributed by atoms with Gasteiger partial charge in [0.15, 0.2) is 0 Å². The number of rotatable bonds is 6. The van der Waals surface area contributed by atoms with Crippen molar-refractivity contribution in [1.82, 2.24) is 30.0 Å². The topological polar surface area (TPSA) is 87.4 Å². The minimum Gasteiger partial charge on any atom is -0.392 e. The maximum Gasteiger partial charge on any atom is 0.248 e. The average molecular weight is 344 g/mol. The monoisotopic (exact) mass is 344 g/mol. The van der Waals surface area contributed by atoms with E-state index >= 15 is 0 Å². The van der Waals surface area contributed by atoms with E-state index in [4.69, 9.17) is 0 Å². The Hall–Kier alpha value is -2.32. The third-order valence-electron chi connectivity index (χ3n) is 4.45. The molecule has 1 fully saturated rings. The van der Waals surface area contributed by atoms with Gasteiger partial charge in [-0.1, -0.05) is 30.3 Å². The van der Waals surface area contributed by atoms with E-state index in [1.54, 1.807) is 6.92 Å². The van der Waals surface area contributed by atoms with Crippen LogP contribution < -0.4 is 0 Å². The van der Waals surface area contributed by atoms with Gasteiger partial charge < -0.3 is 10.0 Å². The minimum atomic E-state index is -0.444. The molecule has 1 aliphatic heterocycles. The first kappa shape index (κ1) is 17.5. The van der Waals surface area contributed by atoms with Crippen LogP contribution in [-0.4, -0.2) is 79.8 Å². The summed E-state index contributed by atoms with van der Waals surface area (Å²) in [6, 6.07) is 9.45. The van der Waals surface area contributed by atoms with Crippen LogP contribution in [0.3, 0.4) is 0 Å². The fraction of sp³-hybridized carbons (Fsp3) is 0.529. The second kappa shape index (κ2) is 8.17. The fourth-order valence-electron chi connectivity index (χ4n) is 3.18. The number of nitrogens with zero attached hydrogens (tertiary/aromatic N) is 6. The van der Waals surface area contributed by atoms with Gasteiger partial charge in [0.05, 0.1) is 6.10 Å². The van der Waals surface area contributed by atoms with Crippen LogP contribution in [0.5, 0.6) is 0 Å². The van der Waals surface area contributed by atoms with Gasteiger partial charge in [0, 0.05) is 39.1 Å². The van der Waals surface area contributed by atoms with Crippen LogP contribution in [0.4, 0.5) is 0 Å². The van der Waals surface area contributed by atoms with Gasteiger partial charge in [-0.3, -0.25) is 9.69 Å².